The molecule has 0 amide bonds. The number of hydrogen-bond acceptors (Lipinski definition) is 5. The summed E-state index contributed by atoms with van der Waals surface area (Å²) in [5.74, 6) is 0.779. The van der Waals surface area contributed by atoms with Gasteiger partial charge < -0.3 is 10.5 Å². The topological polar surface area (TPSA) is 73.4 Å². The average Bonchev–Trinajstić information content (AvgIpc) is 2.21. The van der Waals surface area contributed by atoms with Gasteiger partial charge >= 0.3 is 0 Å². The first-order valence-electron chi connectivity index (χ1n) is 5.15. The number of nitrogen functional groups attached to an aromatic ring is 1. The fraction of sp³-hybridized carbons (Fsp3) is 0.500. The Bertz CT molecular complexity index is 411. The van der Waals surface area contributed by atoms with E-state index in [1.165, 1.54) is 0 Å². The molecule has 1 aromatic rings. The number of rotatable bonds is 3. The maximum Gasteiger partial charge on any atom is 0.225 e. The number of halogens is 2. The van der Waals surface area contributed by atoms with Crippen molar-refractivity contribution in [1.29, 1.82) is 0 Å². The van der Waals surface area contributed by atoms with Crippen LogP contribution in [0.4, 0.5) is 11.5 Å². The number of ether oxygens (including phenoxy) is 1. The van der Waals surface area contributed by atoms with Gasteiger partial charge in [0.15, 0.2) is 16.9 Å². The van der Waals surface area contributed by atoms with Gasteiger partial charge in [-0.15, -0.1) is 0 Å². The molecule has 0 fully saturated rings. The van der Waals surface area contributed by atoms with E-state index in [-0.39, 0.29) is 27.9 Å². The zero-order chi connectivity index (χ0) is 13.0. The first-order chi connectivity index (χ1) is 7.95. The number of anilines is 1. The zero-order valence-electron chi connectivity index (χ0n) is 9.87. The molecule has 5 nitrogen and oxygen atoms in total. The van der Waals surface area contributed by atoms with Gasteiger partial charge in [-0.2, -0.15) is 4.98 Å². The van der Waals surface area contributed by atoms with E-state index in [4.69, 9.17) is 33.7 Å². The van der Waals surface area contributed by atoms with Crippen molar-refractivity contribution >= 4 is 40.6 Å². The lowest BCUT2D eigenvalue weighted by molar-refractivity contribution is 0.306. The molecule has 1 heterocycles. The third-order valence-corrected chi connectivity index (χ3v) is 2.28. The normalized spacial score (nSPS) is 12.0. The van der Waals surface area contributed by atoms with Crippen molar-refractivity contribution in [2.75, 3.05) is 12.3 Å². The molecule has 0 unspecified atom stereocenters. The van der Waals surface area contributed by atoms with Crippen LogP contribution in [0, 0.1) is 5.92 Å². The summed E-state index contributed by atoms with van der Waals surface area (Å²) in [7, 11) is 0. The summed E-state index contributed by atoms with van der Waals surface area (Å²) < 4.78 is 5.39. The molecule has 0 atom stereocenters. The minimum Gasteiger partial charge on any atom is -0.481 e. The molecule has 0 spiro atoms. The molecule has 0 aliphatic carbocycles. The standard InChI is InChI=1S/C10H14Cl2N4O/c1-4-17-9(5(2)3)14-6-7(11)15-10(12)16-8(6)13/h5H,4H2,1-3H3,(H2,13,15,16). The van der Waals surface area contributed by atoms with Crippen molar-refractivity contribution in [3.63, 3.8) is 0 Å². The summed E-state index contributed by atoms with van der Waals surface area (Å²) in [4.78, 5) is 11.8. The minimum absolute atomic E-state index is 0.00560. The molecule has 0 aliphatic rings. The van der Waals surface area contributed by atoms with Crippen LogP contribution in [-0.2, 0) is 4.74 Å². The van der Waals surface area contributed by atoms with Gasteiger partial charge in [-0.25, -0.2) is 9.98 Å². The predicted octanol–water partition coefficient (Wildman–Crippen LogP) is 3.09. The van der Waals surface area contributed by atoms with Crippen molar-refractivity contribution in [1.82, 2.24) is 9.97 Å². The molecule has 0 bridgehead atoms. The number of nitrogens with zero attached hydrogens (tertiary/aromatic N) is 3. The summed E-state index contributed by atoms with van der Waals surface area (Å²) in [6.07, 6.45) is 0. The van der Waals surface area contributed by atoms with E-state index in [0.717, 1.165) is 0 Å². The fourth-order valence-electron chi connectivity index (χ4n) is 1.11. The Balaban J connectivity index is 3.19. The molecule has 0 saturated carbocycles. The number of hydrogen-bond donors (Lipinski definition) is 1. The third kappa shape index (κ3) is 3.71. The number of aliphatic imine (C=N–C) groups is 1. The van der Waals surface area contributed by atoms with Crippen molar-refractivity contribution < 1.29 is 4.74 Å². The Labute approximate surface area is 110 Å². The largest absolute Gasteiger partial charge is 0.481 e. The molecule has 1 aromatic heterocycles. The van der Waals surface area contributed by atoms with E-state index < -0.39 is 0 Å². The second-order valence-electron chi connectivity index (χ2n) is 3.56. The van der Waals surface area contributed by atoms with Gasteiger partial charge in [0.05, 0.1) is 6.61 Å². The molecule has 0 aliphatic heterocycles. The molecule has 0 aromatic carbocycles. The predicted molar refractivity (Wildman–Crippen MR) is 70.0 cm³/mol. The van der Waals surface area contributed by atoms with Gasteiger partial charge in [-0.3, -0.25) is 0 Å². The Morgan fingerprint density at radius 1 is 1.41 bits per heavy atom. The van der Waals surface area contributed by atoms with E-state index >= 15 is 0 Å². The Morgan fingerprint density at radius 3 is 2.53 bits per heavy atom. The molecular formula is C10H14Cl2N4O. The number of nitrogens with two attached hydrogens (primary N) is 1. The van der Waals surface area contributed by atoms with Crippen LogP contribution in [-0.4, -0.2) is 22.5 Å². The molecular weight excluding hydrogens is 263 g/mol. The van der Waals surface area contributed by atoms with Crippen LogP contribution in [0.15, 0.2) is 4.99 Å². The second-order valence-corrected chi connectivity index (χ2v) is 4.25. The van der Waals surface area contributed by atoms with E-state index in [1.54, 1.807) is 0 Å². The van der Waals surface area contributed by atoms with Crippen molar-refractivity contribution in [2.45, 2.75) is 20.8 Å². The van der Waals surface area contributed by atoms with E-state index in [9.17, 15) is 0 Å². The third-order valence-electron chi connectivity index (χ3n) is 1.85. The van der Waals surface area contributed by atoms with E-state index in [0.29, 0.717) is 12.5 Å². The number of aromatic nitrogens is 2. The highest BCUT2D eigenvalue weighted by molar-refractivity contribution is 6.34. The van der Waals surface area contributed by atoms with Gasteiger partial charge in [-0.1, -0.05) is 25.4 Å². The lowest BCUT2D eigenvalue weighted by atomic mass is 10.2. The summed E-state index contributed by atoms with van der Waals surface area (Å²) >= 11 is 11.5. The molecule has 0 radical (unpaired) electrons. The van der Waals surface area contributed by atoms with Gasteiger partial charge in [0.2, 0.25) is 5.28 Å². The summed E-state index contributed by atoms with van der Waals surface area (Å²) in [5, 5.41) is 0.106. The molecule has 1 rings (SSSR count). The molecule has 0 saturated heterocycles. The van der Waals surface area contributed by atoms with Crippen molar-refractivity contribution in [3.05, 3.63) is 10.4 Å². The zero-order valence-corrected chi connectivity index (χ0v) is 11.4. The van der Waals surface area contributed by atoms with Gasteiger partial charge in [0.25, 0.3) is 0 Å². The van der Waals surface area contributed by atoms with Crippen LogP contribution >= 0.6 is 23.2 Å². The maximum absolute atomic E-state index is 5.91. The van der Waals surface area contributed by atoms with Gasteiger partial charge in [-0.05, 0) is 18.5 Å². The van der Waals surface area contributed by atoms with Gasteiger partial charge in [0, 0.05) is 5.92 Å². The molecule has 2 N–H and O–H groups in total. The van der Waals surface area contributed by atoms with Crippen LogP contribution in [0.2, 0.25) is 10.4 Å². The van der Waals surface area contributed by atoms with Crippen LogP contribution in [0.1, 0.15) is 20.8 Å². The highest BCUT2D eigenvalue weighted by atomic mass is 35.5. The Kier molecular flexibility index (Phi) is 4.96. The molecule has 17 heavy (non-hydrogen) atoms. The first kappa shape index (κ1) is 14.0. The lowest BCUT2D eigenvalue weighted by Crippen LogP contribution is -2.12. The van der Waals surface area contributed by atoms with Crippen molar-refractivity contribution in [3.8, 4) is 0 Å². The molecule has 94 valence electrons. The maximum atomic E-state index is 5.91. The highest BCUT2D eigenvalue weighted by Gasteiger charge is 2.13. The van der Waals surface area contributed by atoms with Crippen LogP contribution < -0.4 is 5.73 Å². The second kappa shape index (κ2) is 6.02. The van der Waals surface area contributed by atoms with Crippen molar-refractivity contribution in [2.24, 2.45) is 10.9 Å². The van der Waals surface area contributed by atoms with Crippen LogP contribution in [0.25, 0.3) is 0 Å². The Hall–Kier alpha value is -1.07. The Morgan fingerprint density at radius 2 is 2.06 bits per heavy atom. The summed E-state index contributed by atoms with van der Waals surface area (Å²) in [6, 6.07) is 0. The summed E-state index contributed by atoms with van der Waals surface area (Å²) in [5.41, 5.74) is 5.97. The van der Waals surface area contributed by atoms with Crippen LogP contribution in [0.3, 0.4) is 0 Å². The average molecular weight is 277 g/mol. The first-order valence-corrected chi connectivity index (χ1v) is 5.91. The fourth-order valence-corrected chi connectivity index (χ4v) is 1.54. The highest BCUT2D eigenvalue weighted by Crippen LogP contribution is 2.30. The van der Waals surface area contributed by atoms with E-state index in [1.807, 2.05) is 20.8 Å². The minimum atomic E-state index is -0.00560. The monoisotopic (exact) mass is 276 g/mol. The lowest BCUT2D eigenvalue weighted by Gasteiger charge is -2.11. The SMILES string of the molecule is CCOC(=Nc1c(N)nc(Cl)nc1Cl)C(C)C. The smallest absolute Gasteiger partial charge is 0.225 e. The van der Waals surface area contributed by atoms with Crippen LogP contribution in [0.5, 0.6) is 0 Å². The summed E-state index contributed by atoms with van der Waals surface area (Å²) in [6.45, 7) is 6.30. The van der Waals surface area contributed by atoms with E-state index in [2.05, 4.69) is 15.0 Å². The van der Waals surface area contributed by atoms with Gasteiger partial charge in [0.1, 0.15) is 5.69 Å². The quantitative estimate of drug-likeness (QED) is 0.399. The molecule has 7 heteroatoms.